The summed E-state index contributed by atoms with van der Waals surface area (Å²) in [6, 6.07) is 11.2. The van der Waals surface area contributed by atoms with Gasteiger partial charge in [-0.2, -0.15) is 0 Å². The summed E-state index contributed by atoms with van der Waals surface area (Å²) in [5, 5.41) is 0.0252. The molecule has 1 amide bonds. The van der Waals surface area contributed by atoms with E-state index < -0.39 is 5.25 Å². The Morgan fingerprint density at radius 2 is 1.67 bits per heavy atom. The number of nitrogens with zero attached hydrogens (tertiary/aromatic N) is 3. The number of likely N-dealkylation sites (tertiary alicyclic amines) is 1. The van der Waals surface area contributed by atoms with Gasteiger partial charge in [0.05, 0.1) is 0 Å². The third-order valence-corrected chi connectivity index (χ3v) is 5.07. The summed E-state index contributed by atoms with van der Waals surface area (Å²) in [5.74, 6) is 0.708. The van der Waals surface area contributed by atoms with Crippen molar-refractivity contribution in [2.75, 3.05) is 24.6 Å². The van der Waals surface area contributed by atoms with Crippen LogP contribution < -0.4 is 11.5 Å². The summed E-state index contributed by atoms with van der Waals surface area (Å²) < 4.78 is 0. The largest absolute Gasteiger partial charge is 0.383 e. The highest BCUT2D eigenvalue weighted by Gasteiger charge is 2.28. The molecular formula is C17H21N5OS. The SMILES string of the molecule is Nc1cc(N)nc(SC(C(=O)N2CCCCC2)c2ccccc2)n1. The molecule has 1 aromatic heterocycles. The second-order valence-electron chi connectivity index (χ2n) is 5.79. The van der Waals surface area contributed by atoms with E-state index in [0.717, 1.165) is 31.5 Å². The van der Waals surface area contributed by atoms with Crippen LogP contribution in [0, 0.1) is 0 Å². The Morgan fingerprint density at radius 3 is 2.29 bits per heavy atom. The minimum absolute atomic E-state index is 0.0931. The molecule has 3 rings (SSSR count). The van der Waals surface area contributed by atoms with Crippen LogP contribution >= 0.6 is 11.8 Å². The third kappa shape index (κ3) is 3.97. The number of piperidine rings is 1. The summed E-state index contributed by atoms with van der Waals surface area (Å²) in [5.41, 5.74) is 12.4. The standard InChI is InChI=1S/C17H21N5OS/c18-13-11-14(19)21-17(20-13)24-15(12-7-3-1-4-8-12)16(23)22-9-5-2-6-10-22/h1,3-4,7-8,11,15H,2,5-6,9-10H2,(H4,18,19,20,21). The number of rotatable bonds is 4. The Kier molecular flexibility index (Phi) is 5.20. The Labute approximate surface area is 145 Å². The van der Waals surface area contributed by atoms with Gasteiger partial charge in [0.25, 0.3) is 0 Å². The van der Waals surface area contributed by atoms with E-state index >= 15 is 0 Å². The van der Waals surface area contributed by atoms with E-state index in [1.807, 2.05) is 35.2 Å². The Morgan fingerprint density at radius 1 is 1.04 bits per heavy atom. The predicted molar refractivity (Wildman–Crippen MR) is 96.3 cm³/mol. The minimum Gasteiger partial charge on any atom is -0.383 e. The lowest BCUT2D eigenvalue weighted by Gasteiger charge is -2.30. The van der Waals surface area contributed by atoms with E-state index in [2.05, 4.69) is 9.97 Å². The van der Waals surface area contributed by atoms with Crippen molar-refractivity contribution in [3.63, 3.8) is 0 Å². The Hall–Kier alpha value is -2.28. The van der Waals surface area contributed by atoms with Crippen molar-refractivity contribution in [1.82, 2.24) is 14.9 Å². The molecule has 126 valence electrons. The molecule has 0 aliphatic carbocycles. The highest BCUT2D eigenvalue weighted by atomic mass is 32.2. The van der Waals surface area contributed by atoms with Crippen LogP contribution in [0.15, 0.2) is 41.6 Å². The fourth-order valence-electron chi connectivity index (χ4n) is 2.79. The Bertz CT molecular complexity index is 683. The maximum Gasteiger partial charge on any atom is 0.240 e. The lowest BCUT2D eigenvalue weighted by molar-refractivity contribution is -0.131. The van der Waals surface area contributed by atoms with Gasteiger partial charge in [-0.15, -0.1) is 0 Å². The van der Waals surface area contributed by atoms with Crippen LogP contribution in [0.3, 0.4) is 0 Å². The number of hydrogen-bond donors (Lipinski definition) is 2. The number of carbonyl (C=O) groups is 1. The zero-order valence-corrected chi connectivity index (χ0v) is 14.2. The molecule has 1 aliphatic heterocycles. The van der Waals surface area contributed by atoms with Crippen molar-refractivity contribution in [2.45, 2.75) is 29.7 Å². The molecule has 0 radical (unpaired) electrons. The number of amides is 1. The molecule has 6 nitrogen and oxygen atoms in total. The summed E-state index contributed by atoms with van der Waals surface area (Å²) in [4.78, 5) is 23.4. The average Bonchev–Trinajstić information content (AvgIpc) is 2.60. The van der Waals surface area contributed by atoms with Crippen molar-refractivity contribution < 1.29 is 4.79 Å². The number of nitrogen functional groups attached to an aromatic ring is 2. The summed E-state index contributed by atoms with van der Waals surface area (Å²) in [6.07, 6.45) is 3.29. The molecule has 1 saturated heterocycles. The van der Waals surface area contributed by atoms with Gasteiger partial charge in [0.1, 0.15) is 16.9 Å². The number of thioether (sulfide) groups is 1. The van der Waals surface area contributed by atoms with Gasteiger partial charge < -0.3 is 16.4 Å². The van der Waals surface area contributed by atoms with Crippen molar-refractivity contribution in [1.29, 1.82) is 0 Å². The highest BCUT2D eigenvalue weighted by molar-refractivity contribution is 8.00. The van der Waals surface area contributed by atoms with Gasteiger partial charge in [0.2, 0.25) is 5.91 Å². The minimum atomic E-state index is -0.398. The summed E-state index contributed by atoms with van der Waals surface area (Å²) in [7, 11) is 0. The molecule has 1 atom stereocenters. The van der Waals surface area contributed by atoms with Crippen LogP contribution in [0.1, 0.15) is 30.1 Å². The molecule has 7 heteroatoms. The lowest BCUT2D eigenvalue weighted by atomic mass is 10.1. The summed E-state index contributed by atoms with van der Waals surface area (Å²) >= 11 is 1.30. The van der Waals surface area contributed by atoms with Crippen LogP contribution in [0.2, 0.25) is 0 Å². The molecule has 1 fully saturated rings. The van der Waals surface area contributed by atoms with Crippen LogP contribution in [-0.2, 0) is 4.79 Å². The molecule has 0 spiro atoms. The second kappa shape index (κ2) is 7.53. The van der Waals surface area contributed by atoms with Gasteiger partial charge in [-0.1, -0.05) is 42.1 Å². The number of nitrogens with two attached hydrogens (primary N) is 2. The van der Waals surface area contributed by atoms with Gasteiger partial charge in [-0.3, -0.25) is 4.79 Å². The van der Waals surface area contributed by atoms with E-state index in [0.29, 0.717) is 16.8 Å². The molecule has 1 aliphatic rings. The topological polar surface area (TPSA) is 98.1 Å². The molecule has 2 aromatic rings. The molecule has 1 aromatic carbocycles. The summed E-state index contributed by atoms with van der Waals surface area (Å²) in [6.45, 7) is 1.62. The molecule has 4 N–H and O–H groups in total. The first-order valence-corrected chi connectivity index (χ1v) is 8.92. The monoisotopic (exact) mass is 343 g/mol. The number of carbonyl (C=O) groups excluding carboxylic acids is 1. The average molecular weight is 343 g/mol. The zero-order valence-electron chi connectivity index (χ0n) is 13.4. The normalized spacial score (nSPS) is 15.9. The smallest absolute Gasteiger partial charge is 0.240 e. The lowest BCUT2D eigenvalue weighted by Crippen LogP contribution is -2.38. The molecular weight excluding hydrogens is 322 g/mol. The van der Waals surface area contributed by atoms with Gasteiger partial charge in [-0.25, -0.2) is 9.97 Å². The Balaban J connectivity index is 1.88. The fourth-order valence-corrected chi connectivity index (χ4v) is 3.86. The van der Waals surface area contributed by atoms with Gasteiger partial charge in [0.15, 0.2) is 5.16 Å². The van der Waals surface area contributed by atoms with E-state index in [1.54, 1.807) is 0 Å². The van der Waals surface area contributed by atoms with Crippen LogP contribution in [0.4, 0.5) is 11.6 Å². The molecule has 0 bridgehead atoms. The second-order valence-corrected chi connectivity index (χ2v) is 6.87. The fraction of sp³-hybridized carbons (Fsp3) is 0.353. The highest BCUT2D eigenvalue weighted by Crippen LogP contribution is 2.36. The van der Waals surface area contributed by atoms with E-state index in [1.165, 1.54) is 24.2 Å². The molecule has 0 saturated carbocycles. The van der Waals surface area contributed by atoms with Gasteiger partial charge in [-0.05, 0) is 24.8 Å². The first kappa shape index (κ1) is 16.6. The van der Waals surface area contributed by atoms with Gasteiger partial charge >= 0.3 is 0 Å². The van der Waals surface area contributed by atoms with Crippen LogP contribution in [-0.4, -0.2) is 33.9 Å². The van der Waals surface area contributed by atoms with E-state index in [4.69, 9.17) is 11.5 Å². The van der Waals surface area contributed by atoms with E-state index in [-0.39, 0.29) is 5.91 Å². The van der Waals surface area contributed by atoms with Crippen LogP contribution in [0.5, 0.6) is 0 Å². The van der Waals surface area contributed by atoms with Gasteiger partial charge in [0, 0.05) is 19.2 Å². The predicted octanol–water partition coefficient (Wildman–Crippen LogP) is 2.49. The zero-order chi connectivity index (χ0) is 16.9. The van der Waals surface area contributed by atoms with Crippen LogP contribution in [0.25, 0.3) is 0 Å². The maximum atomic E-state index is 13.1. The number of benzene rings is 1. The van der Waals surface area contributed by atoms with Crippen molar-refractivity contribution >= 4 is 29.3 Å². The number of aromatic nitrogens is 2. The van der Waals surface area contributed by atoms with Crippen molar-refractivity contribution in [3.8, 4) is 0 Å². The molecule has 24 heavy (non-hydrogen) atoms. The number of anilines is 2. The first-order chi connectivity index (χ1) is 11.6. The van der Waals surface area contributed by atoms with E-state index in [9.17, 15) is 4.79 Å². The maximum absolute atomic E-state index is 13.1. The van der Waals surface area contributed by atoms with Crippen molar-refractivity contribution in [2.24, 2.45) is 0 Å². The quantitative estimate of drug-likeness (QED) is 0.654. The first-order valence-electron chi connectivity index (χ1n) is 8.04. The third-order valence-electron chi connectivity index (χ3n) is 3.96. The molecule has 1 unspecified atom stereocenters. The van der Waals surface area contributed by atoms with Crippen molar-refractivity contribution in [3.05, 3.63) is 42.0 Å². The molecule has 2 heterocycles. The number of hydrogen-bond acceptors (Lipinski definition) is 6.